The van der Waals surface area contributed by atoms with Crippen molar-refractivity contribution >= 4 is 29.2 Å². The van der Waals surface area contributed by atoms with Crippen LogP contribution >= 0.6 is 0 Å². The molecule has 2 heterocycles. The molecule has 1 aliphatic heterocycles. The summed E-state index contributed by atoms with van der Waals surface area (Å²) in [6.45, 7) is 1.66. The maximum atomic E-state index is 12.8. The molecule has 1 aliphatic rings. The number of fused-ring (bicyclic) bond motifs is 1. The molecule has 0 radical (unpaired) electrons. The van der Waals surface area contributed by atoms with Gasteiger partial charge in [0.25, 0.3) is 5.91 Å². The average molecular weight is 345 g/mol. The second-order valence-electron chi connectivity index (χ2n) is 6.07. The monoisotopic (exact) mass is 345 g/mol. The van der Waals surface area contributed by atoms with E-state index in [1.165, 1.54) is 6.21 Å². The van der Waals surface area contributed by atoms with E-state index in [1.54, 1.807) is 25.3 Å². The summed E-state index contributed by atoms with van der Waals surface area (Å²) in [5.41, 5.74) is 1.48. The summed E-state index contributed by atoms with van der Waals surface area (Å²) in [7, 11) is 0. The normalized spacial score (nSPS) is 20.1. The molecule has 3 amide bonds. The number of benzene rings is 2. The molecule has 128 valence electrons. The maximum absolute atomic E-state index is 12.8. The standard InChI is InChI=1S/C19H15N5O2/c1-19(13-7-3-2-4-8-13)17(25)24(18(26)23-19)21-12-14-11-20-15-9-5-6-10-16(15)22-14/h2-12H,1H3,(H,23,26)/b21-12-/t19-/m0/s1. The lowest BCUT2D eigenvalue weighted by Crippen LogP contribution is -2.40. The molecule has 4 rings (SSSR count). The Kier molecular flexibility index (Phi) is 3.69. The van der Waals surface area contributed by atoms with Crippen LogP contribution in [0.5, 0.6) is 0 Å². The van der Waals surface area contributed by atoms with Crippen molar-refractivity contribution in [3.63, 3.8) is 0 Å². The van der Waals surface area contributed by atoms with Gasteiger partial charge in [0.2, 0.25) is 0 Å². The van der Waals surface area contributed by atoms with Gasteiger partial charge in [-0.05, 0) is 24.6 Å². The van der Waals surface area contributed by atoms with Gasteiger partial charge in [-0.2, -0.15) is 5.10 Å². The number of urea groups is 1. The van der Waals surface area contributed by atoms with Crippen molar-refractivity contribution in [1.82, 2.24) is 20.3 Å². The van der Waals surface area contributed by atoms with E-state index in [4.69, 9.17) is 0 Å². The molecular formula is C19H15N5O2. The Labute approximate surface area is 149 Å². The Morgan fingerprint density at radius 3 is 2.50 bits per heavy atom. The van der Waals surface area contributed by atoms with Gasteiger partial charge >= 0.3 is 6.03 Å². The number of nitrogens with zero attached hydrogens (tertiary/aromatic N) is 4. The lowest BCUT2D eigenvalue weighted by Gasteiger charge is -2.20. The molecule has 0 spiro atoms. The summed E-state index contributed by atoms with van der Waals surface area (Å²) in [5.74, 6) is -0.446. The Morgan fingerprint density at radius 2 is 1.73 bits per heavy atom. The van der Waals surface area contributed by atoms with Gasteiger partial charge in [-0.25, -0.2) is 9.78 Å². The van der Waals surface area contributed by atoms with E-state index in [-0.39, 0.29) is 0 Å². The third-order valence-electron chi connectivity index (χ3n) is 4.29. The quantitative estimate of drug-likeness (QED) is 0.583. The van der Waals surface area contributed by atoms with Crippen molar-refractivity contribution in [3.05, 3.63) is 72.1 Å². The van der Waals surface area contributed by atoms with Gasteiger partial charge in [0.05, 0.1) is 23.4 Å². The van der Waals surface area contributed by atoms with E-state index >= 15 is 0 Å². The number of imide groups is 1. The molecule has 0 bridgehead atoms. The third kappa shape index (κ3) is 2.59. The van der Waals surface area contributed by atoms with Crippen molar-refractivity contribution in [3.8, 4) is 0 Å². The first-order chi connectivity index (χ1) is 12.6. The fraction of sp³-hybridized carbons (Fsp3) is 0.105. The zero-order chi connectivity index (χ0) is 18.1. The van der Waals surface area contributed by atoms with Crippen LogP contribution in [-0.4, -0.2) is 33.1 Å². The number of amides is 3. The molecule has 0 aliphatic carbocycles. The van der Waals surface area contributed by atoms with Crippen LogP contribution in [0.25, 0.3) is 11.0 Å². The molecule has 26 heavy (non-hydrogen) atoms. The predicted octanol–water partition coefficient (Wildman–Crippen LogP) is 2.43. The highest BCUT2D eigenvalue weighted by molar-refractivity contribution is 6.07. The summed E-state index contributed by atoms with van der Waals surface area (Å²) in [6, 6.07) is 15.9. The largest absolute Gasteiger partial charge is 0.346 e. The molecule has 1 fully saturated rings. The number of rotatable bonds is 3. The number of nitrogens with one attached hydrogen (secondary N) is 1. The van der Waals surface area contributed by atoms with Crippen LogP contribution in [0.3, 0.4) is 0 Å². The van der Waals surface area contributed by atoms with E-state index in [0.717, 1.165) is 10.5 Å². The SMILES string of the molecule is C[C@@]1(c2ccccc2)NC(=O)N(/N=C\c2cnc3ccccc3n2)C1=O. The molecule has 2 aromatic carbocycles. The molecule has 0 unspecified atom stereocenters. The van der Waals surface area contributed by atoms with E-state index < -0.39 is 17.5 Å². The van der Waals surface area contributed by atoms with Crippen molar-refractivity contribution in [2.24, 2.45) is 5.10 Å². The Hall–Kier alpha value is -3.61. The number of para-hydroxylation sites is 2. The number of carbonyl (C=O) groups excluding carboxylic acids is 2. The fourth-order valence-electron chi connectivity index (χ4n) is 2.85. The van der Waals surface area contributed by atoms with E-state index in [1.807, 2.05) is 42.5 Å². The molecular weight excluding hydrogens is 330 g/mol. The minimum Gasteiger partial charge on any atom is -0.318 e. The third-order valence-corrected chi connectivity index (χ3v) is 4.29. The Bertz CT molecular complexity index is 1030. The van der Waals surface area contributed by atoms with E-state index in [9.17, 15) is 9.59 Å². The van der Waals surface area contributed by atoms with Crippen LogP contribution in [0.2, 0.25) is 0 Å². The first-order valence-electron chi connectivity index (χ1n) is 8.06. The average Bonchev–Trinajstić information content (AvgIpc) is 2.90. The molecule has 1 saturated heterocycles. The highest BCUT2D eigenvalue weighted by atomic mass is 16.2. The first-order valence-corrected chi connectivity index (χ1v) is 8.06. The summed E-state index contributed by atoms with van der Waals surface area (Å²) in [6.07, 6.45) is 2.90. The van der Waals surface area contributed by atoms with Crippen molar-refractivity contribution < 1.29 is 9.59 Å². The summed E-state index contributed by atoms with van der Waals surface area (Å²) in [5, 5.41) is 7.55. The van der Waals surface area contributed by atoms with Gasteiger partial charge in [-0.15, -0.1) is 5.01 Å². The molecule has 1 aromatic heterocycles. The second-order valence-corrected chi connectivity index (χ2v) is 6.07. The maximum Gasteiger partial charge on any atom is 0.346 e. The van der Waals surface area contributed by atoms with Crippen LogP contribution in [-0.2, 0) is 10.3 Å². The number of carbonyl (C=O) groups is 2. The van der Waals surface area contributed by atoms with Crippen molar-refractivity contribution in [1.29, 1.82) is 0 Å². The van der Waals surface area contributed by atoms with E-state index in [2.05, 4.69) is 20.4 Å². The van der Waals surface area contributed by atoms with Crippen molar-refractivity contribution in [2.75, 3.05) is 0 Å². The number of aromatic nitrogens is 2. The zero-order valence-corrected chi connectivity index (χ0v) is 14.0. The smallest absolute Gasteiger partial charge is 0.318 e. The highest BCUT2D eigenvalue weighted by Crippen LogP contribution is 2.28. The van der Waals surface area contributed by atoms with Gasteiger partial charge in [-0.1, -0.05) is 42.5 Å². The van der Waals surface area contributed by atoms with Gasteiger partial charge in [0.15, 0.2) is 0 Å². The summed E-state index contributed by atoms with van der Waals surface area (Å²) >= 11 is 0. The van der Waals surface area contributed by atoms with Crippen LogP contribution in [0, 0.1) is 0 Å². The number of hydrazone groups is 1. The first kappa shape index (κ1) is 15.9. The zero-order valence-electron chi connectivity index (χ0n) is 14.0. The van der Waals surface area contributed by atoms with Crippen LogP contribution in [0.1, 0.15) is 18.2 Å². The van der Waals surface area contributed by atoms with Gasteiger partial charge < -0.3 is 5.32 Å². The summed E-state index contributed by atoms with van der Waals surface area (Å²) < 4.78 is 0. The molecule has 7 nitrogen and oxygen atoms in total. The summed E-state index contributed by atoms with van der Waals surface area (Å²) in [4.78, 5) is 33.7. The minimum atomic E-state index is -1.15. The van der Waals surface area contributed by atoms with Gasteiger partial charge in [0, 0.05) is 0 Å². The van der Waals surface area contributed by atoms with Gasteiger partial charge in [-0.3, -0.25) is 9.78 Å². The number of hydrogen-bond acceptors (Lipinski definition) is 5. The lowest BCUT2D eigenvalue weighted by atomic mass is 9.92. The van der Waals surface area contributed by atoms with Crippen LogP contribution < -0.4 is 5.32 Å². The second kappa shape index (κ2) is 6.03. The highest BCUT2D eigenvalue weighted by Gasteiger charge is 2.49. The molecule has 7 heteroatoms. The van der Waals surface area contributed by atoms with Crippen molar-refractivity contribution in [2.45, 2.75) is 12.5 Å². The fourth-order valence-corrected chi connectivity index (χ4v) is 2.85. The van der Waals surface area contributed by atoms with Crippen LogP contribution in [0.15, 0.2) is 65.9 Å². The lowest BCUT2D eigenvalue weighted by molar-refractivity contribution is -0.131. The molecule has 0 saturated carbocycles. The van der Waals surface area contributed by atoms with Gasteiger partial charge in [0.1, 0.15) is 11.2 Å². The Morgan fingerprint density at radius 1 is 1.04 bits per heavy atom. The number of hydrogen-bond donors (Lipinski definition) is 1. The van der Waals surface area contributed by atoms with Crippen LogP contribution in [0.4, 0.5) is 4.79 Å². The van der Waals surface area contributed by atoms with E-state index in [0.29, 0.717) is 16.8 Å². The minimum absolute atomic E-state index is 0.446. The Balaban J connectivity index is 1.62. The molecule has 1 N–H and O–H groups in total. The molecule has 3 aromatic rings. The topological polar surface area (TPSA) is 87.6 Å². The predicted molar refractivity (Wildman–Crippen MR) is 96.3 cm³/mol. The molecule has 1 atom stereocenters.